The number of phenolic OH excluding ortho intramolecular Hbond substituents is 1. The van der Waals surface area contributed by atoms with E-state index >= 15 is 0 Å². The molecule has 2 N–H and O–H groups in total. The van der Waals surface area contributed by atoms with Crippen molar-refractivity contribution in [1.29, 1.82) is 0 Å². The Balaban J connectivity index is 3.01. The summed E-state index contributed by atoms with van der Waals surface area (Å²) >= 11 is 0. The first-order valence-electron chi connectivity index (χ1n) is 5.75. The zero-order chi connectivity index (χ0) is 13.7. The highest BCUT2D eigenvalue weighted by Crippen LogP contribution is 2.26. The lowest BCUT2D eigenvalue weighted by molar-refractivity contribution is -0.143. The summed E-state index contributed by atoms with van der Waals surface area (Å²) in [5.41, 5.74) is 0.183. The molecule has 0 aliphatic heterocycles. The van der Waals surface area contributed by atoms with Crippen LogP contribution >= 0.6 is 0 Å². The van der Waals surface area contributed by atoms with Crippen LogP contribution in [0.2, 0.25) is 0 Å². The molecule has 0 spiro atoms. The van der Waals surface area contributed by atoms with Crippen LogP contribution in [0, 0.1) is 11.7 Å². The van der Waals surface area contributed by atoms with Crippen LogP contribution in [0.25, 0.3) is 0 Å². The van der Waals surface area contributed by atoms with E-state index in [9.17, 15) is 14.3 Å². The van der Waals surface area contributed by atoms with E-state index in [1.807, 2.05) is 13.8 Å². The van der Waals surface area contributed by atoms with E-state index in [1.54, 1.807) is 0 Å². The van der Waals surface area contributed by atoms with Gasteiger partial charge in [-0.2, -0.15) is 0 Å². The van der Waals surface area contributed by atoms with E-state index in [0.717, 1.165) is 12.1 Å². The van der Waals surface area contributed by atoms with Gasteiger partial charge in [0.2, 0.25) is 0 Å². The maximum Gasteiger partial charge on any atom is 0.327 e. The van der Waals surface area contributed by atoms with Crippen LogP contribution in [0.4, 0.5) is 4.39 Å². The molecule has 100 valence electrons. The fourth-order valence-corrected chi connectivity index (χ4v) is 1.55. The third-order valence-corrected chi connectivity index (χ3v) is 2.47. The van der Waals surface area contributed by atoms with Crippen LogP contribution in [0.15, 0.2) is 18.2 Å². The van der Waals surface area contributed by atoms with Crippen molar-refractivity contribution < 1.29 is 19.0 Å². The number of benzene rings is 1. The van der Waals surface area contributed by atoms with Gasteiger partial charge in [0.05, 0.1) is 7.11 Å². The van der Waals surface area contributed by atoms with Crippen LogP contribution in [-0.2, 0) is 9.53 Å². The van der Waals surface area contributed by atoms with Gasteiger partial charge in [0.15, 0.2) is 0 Å². The van der Waals surface area contributed by atoms with Crippen LogP contribution in [0.5, 0.6) is 5.75 Å². The van der Waals surface area contributed by atoms with E-state index in [0.29, 0.717) is 12.5 Å². The van der Waals surface area contributed by atoms with Gasteiger partial charge in [-0.05, 0) is 30.7 Å². The molecule has 0 saturated carbocycles. The molecule has 4 nitrogen and oxygen atoms in total. The largest absolute Gasteiger partial charge is 0.508 e. The molecule has 0 aromatic heterocycles. The Hall–Kier alpha value is -1.62. The zero-order valence-electron chi connectivity index (χ0n) is 10.7. The lowest BCUT2D eigenvalue weighted by atomic mass is 10.0. The molecular formula is C13H18FNO3. The summed E-state index contributed by atoms with van der Waals surface area (Å²) in [6.07, 6.45) is 0. The summed E-state index contributed by atoms with van der Waals surface area (Å²) < 4.78 is 17.8. The van der Waals surface area contributed by atoms with Crippen molar-refractivity contribution in [2.75, 3.05) is 13.7 Å². The number of esters is 1. The highest BCUT2D eigenvalue weighted by molar-refractivity contribution is 5.78. The van der Waals surface area contributed by atoms with Gasteiger partial charge in [-0.25, -0.2) is 9.18 Å². The normalized spacial score (nSPS) is 12.5. The second kappa shape index (κ2) is 6.35. The van der Waals surface area contributed by atoms with Gasteiger partial charge in [0, 0.05) is 5.56 Å². The summed E-state index contributed by atoms with van der Waals surface area (Å²) in [6.45, 7) is 4.51. The number of hydrogen-bond donors (Lipinski definition) is 2. The molecule has 0 aliphatic rings. The summed E-state index contributed by atoms with van der Waals surface area (Å²) in [7, 11) is 1.25. The van der Waals surface area contributed by atoms with Crippen molar-refractivity contribution in [3.63, 3.8) is 0 Å². The van der Waals surface area contributed by atoms with E-state index in [-0.39, 0.29) is 11.3 Å². The molecule has 0 heterocycles. The number of halogens is 1. The van der Waals surface area contributed by atoms with Gasteiger partial charge >= 0.3 is 5.97 Å². The van der Waals surface area contributed by atoms with E-state index in [2.05, 4.69) is 10.1 Å². The third kappa shape index (κ3) is 3.70. The number of nitrogens with one attached hydrogen (secondary N) is 1. The highest BCUT2D eigenvalue weighted by Gasteiger charge is 2.24. The summed E-state index contributed by atoms with van der Waals surface area (Å²) in [4.78, 5) is 11.7. The topological polar surface area (TPSA) is 58.6 Å². The van der Waals surface area contributed by atoms with Crippen molar-refractivity contribution in [3.05, 3.63) is 29.6 Å². The van der Waals surface area contributed by atoms with Crippen molar-refractivity contribution in [3.8, 4) is 5.75 Å². The molecule has 1 atom stereocenters. The molecule has 1 rings (SSSR count). The number of rotatable bonds is 5. The van der Waals surface area contributed by atoms with Crippen molar-refractivity contribution >= 4 is 5.97 Å². The molecule has 0 fully saturated rings. The Labute approximate surface area is 106 Å². The predicted octanol–water partition coefficient (Wildman–Crippen LogP) is 1.99. The monoisotopic (exact) mass is 255 g/mol. The first-order valence-corrected chi connectivity index (χ1v) is 5.75. The quantitative estimate of drug-likeness (QED) is 0.790. The Morgan fingerprint density at radius 2 is 2.17 bits per heavy atom. The van der Waals surface area contributed by atoms with Gasteiger partial charge in [-0.3, -0.25) is 0 Å². The number of carbonyl (C=O) groups is 1. The number of methoxy groups -OCH3 is 1. The van der Waals surface area contributed by atoms with Gasteiger partial charge in [0.25, 0.3) is 0 Å². The van der Waals surface area contributed by atoms with Gasteiger partial charge in [0.1, 0.15) is 17.6 Å². The van der Waals surface area contributed by atoms with Crippen LogP contribution in [-0.4, -0.2) is 24.7 Å². The third-order valence-electron chi connectivity index (χ3n) is 2.47. The number of carbonyl (C=O) groups excluding carboxylic acids is 1. The Bertz CT molecular complexity index is 421. The first kappa shape index (κ1) is 14.4. The van der Waals surface area contributed by atoms with Crippen LogP contribution in [0.3, 0.4) is 0 Å². The minimum atomic E-state index is -0.868. The molecule has 1 unspecified atom stereocenters. The Morgan fingerprint density at radius 3 is 2.72 bits per heavy atom. The van der Waals surface area contributed by atoms with Crippen LogP contribution < -0.4 is 5.32 Å². The molecule has 5 heteroatoms. The minimum Gasteiger partial charge on any atom is -0.508 e. The smallest absolute Gasteiger partial charge is 0.327 e. The standard InChI is InChI=1S/C13H18FNO3/c1-8(2)7-15-12(13(17)18-3)10-6-9(14)4-5-11(10)16/h4-6,8,12,15-16H,7H2,1-3H3. The van der Waals surface area contributed by atoms with E-state index < -0.39 is 17.8 Å². The average molecular weight is 255 g/mol. The molecule has 1 aromatic rings. The SMILES string of the molecule is COC(=O)C(NCC(C)C)c1cc(F)ccc1O. The van der Waals surface area contributed by atoms with E-state index in [1.165, 1.54) is 13.2 Å². The first-order chi connectivity index (χ1) is 8.45. The summed E-state index contributed by atoms with van der Waals surface area (Å²) in [5, 5.41) is 12.7. The molecule has 0 radical (unpaired) electrons. The molecular weight excluding hydrogens is 237 g/mol. The fourth-order valence-electron chi connectivity index (χ4n) is 1.55. The second-order valence-corrected chi connectivity index (χ2v) is 4.46. The summed E-state index contributed by atoms with van der Waals surface area (Å²) in [6, 6.07) is 2.62. The minimum absolute atomic E-state index is 0.136. The predicted molar refractivity (Wildman–Crippen MR) is 65.7 cm³/mol. The molecule has 1 aromatic carbocycles. The Kier molecular flexibility index (Phi) is 5.09. The summed E-state index contributed by atoms with van der Waals surface area (Å²) in [5.74, 6) is -0.893. The van der Waals surface area contributed by atoms with E-state index in [4.69, 9.17) is 0 Å². The number of phenols is 1. The number of aromatic hydroxyl groups is 1. The zero-order valence-corrected chi connectivity index (χ0v) is 10.7. The maximum absolute atomic E-state index is 13.2. The van der Waals surface area contributed by atoms with Gasteiger partial charge in [-0.1, -0.05) is 13.8 Å². The lowest BCUT2D eigenvalue weighted by Gasteiger charge is -2.19. The van der Waals surface area contributed by atoms with Crippen molar-refractivity contribution in [2.24, 2.45) is 5.92 Å². The highest BCUT2D eigenvalue weighted by atomic mass is 19.1. The van der Waals surface area contributed by atoms with Crippen LogP contribution in [0.1, 0.15) is 25.5 Å². The fraction of sp³-hybridized carbons (Fsp3) is 0.462. The number of ether oxygens (including phenoxy) is 1. The molecule has 0 aliphatic carbocycles. The lowest BCUT2D eigenvalue weighted by Crippen LogP contribution is -2.32. The van der Waals surface area contributed by atoms with Crippen molar-refractivity contribution in [2.45, 2.75) is 19.9 Å². The molecule has 0 amide bonds. The average Bonchev–Trinajstić information content (AvgIpc) is 2.32. The van der Waals surface area contributed by atoms with Gasteiger partial charge in [-0.15, -0.1) is 0 Å². The second-order valence-electron chi connectivity index (χ2n) is 4.46. The Morgan fingerprint density at radius 1 is 1.50 bits per heavy atom. The van der Waals surface area contributed by atoms with Gasteiger partial charge < -0.3 is 15.2 Å². The molecule has 0 saturated heterocycles. The molecule has 0 bridgehead atoms. The van der Waals surface area contributed by atoms with Crippen molar-refractivity contribution in [1.82, 2.24) is 5.32 Å². The number of hydrogen-bond acceptors (Lipinski definition) is 4. The molecule has 18 heavy (non-hydrogen) atoms. The maximum atomic E-state index is 13.2.